The maximum atomic E-state index is 11.6. The number of phenols is 3. The van der Waals surface area contributed by atoms with Gasteiger partial charge >= 0.3 is 5.97 Å². The van der Waals surface area contributed by atoms with Crippen LogP contribution in [0, 0.1) is 0 Å². The highest BCUT2D eigenvalue weighted by molar-refractivity contribution is 5.97. The van der Waals surface area contributed by atoms with Gasteiger partial charge < -0.3 is 20.2 Å². The molecule has 22 nitrogen and oxygen atoms in total. The second-order valence-electron chi connectivity index (χ2n) is 10.1. The van der Waals surface area contributed by atoms with Crippen molar-refractivity contribution in [1.82, 2.24) is 45.9 Å². The van der Waals surface area contributed by atoms with E-state index in [1.54, 1.807) is 30.6 Å². The smallest absolute Gasteiger partial charge is 0.360 e. The molecule has 0 unspecified atom stereocenters. The zero-order valence-electron chi connectivity index (χ0n) is 26.0. The molecule has 0 aliphatic heterocycles. The third-order valence-electron chi connectivity index (χ3n) is 6.91. The maximum absolute atomic E-state index is 11.6. The Bertz CT molecular complexity index is 2230. The Kier molecular flexibility index (Phi) is 10.6. The Morgan fingerprint density at radius 1 is 0.712 bits per heavy atom. The molecule has 6 aromatic rings. The van der Waals surface area contributed by atoms with Crippen molar-refractivity contribution in [1.29, 1.82) is 0 Å². The molecule has 0 fully saturated rings. The SMILES string of the molecule is NOC(=O)c1ccc(-n2cc(-c3cccc(-c4cn(-c5ccc(C(=O)NO)c(O)c5)nn4)n3)nn2)cc1O.[N-]=[N+]=Nc1ccc(C(=O)NO)c(O)c1. The monoisotopic (exact) mass is 709 g/mol. The van der Waals surface area contributed by atoms with Crippen molar-refractivity contribution in [3.63, 3.8) is 0 Å². The summed E-state index contributed by atoms with van der Waals surface area (Å²) in [6, 6.07) is 17.2. The molecule has 3 heterocycles. The first-order valence-corrected chi connectivity index (χ1v) is 14.2. The van der Waals surface area contributed by atoms with Gasteiger partial charge in [-0.1, -0.05) is 27.7 Å². The highest BCUT2D eigenvalue weighted by atomic mass is 16.7. The molecule has 0 spiro atoms. The third kappa shape index (κ3) is 7.70. The molecule has 0 saturated carbocycles. The van der Waals surface area contributed by atoms with Gasteiger partial charge in [-0.3, -0.25) is 20.0 Å². The fourth-order valence-corrected chi connectivity index (χ4v) is 4.43. The average Bonchev–Trinajstić information content (AvgIpc) is 3.86. The van der Waals surface area contributed by atoms with Crippen molar-refractivity contribution in [2.45, 2.75) is 0 Å². The summed E-state index contributed by atoms with van der Waals surface area (Å²) in [5, 5.41) is 66.1. The third-order valence-corrected chi connectivity index (χ3v) is 6.91. The summed E-state index contributed by atoms with van der Waals surface area (Å²) in [5.74, 6) is 1.24. The number of pyridine rings is 1. The molecule has 0 saturated heterocycles. The highest BCUT2D eigenvalue weighted by Crippen LogP contribution is 2.26. The molecule has 0 radical (unpaired) electrons. The Morgan fingerprint density at radius 3 is 1.63 bits per heavy atom. The number of hydrogen-bond acceptors (Lipinski definition) is 16. The van der Waals surface area contributed by atoms with E-state index in [1.807, 2.05) is 0 Å². The van der Waals surface area contributed by atoms with Crippen molar-refractivity contribution >= 4 is 23.5 Å². The zero-order valence-corrected chi connectivity index (χ0v) is 26.0. The summed E-state index contributed by atoms with van der Waals surface area (Å²) in [5.41, 5.74) is 13.4. The van der Waals surface area contributed by atoms with E-state index < -0.39 is 17.8 Å². The van der Waals surface area contributed by atoms with E-state index in [4.69, 9.17) is 21.8 Å². The van der Waals surface area contributed by atoms with E-state index in [0.29, 0.717) is 34.2 Å². The van der Waals surface area contributed by atoms with E-state index >= 15 is 0 Å². The molecule has 3 aromatic carbocycles. The predicted octanol–water partition coefficient (Wildman–Crippen LogP) is 2.59. The Balaban J connectivity index is 0.000000314. The number of phenolic OH excluding ortho intramolecular Hbond substituents is 3. The van der Waals surface area contributed by atoms with Crippen LogP contribution in [0.3, 0.4) is 0 Å². The molecular formula is C30H23N13O9. The Hall–Kier alpha value is -7.91. The molecule has 0 aliphatic carbocycles. The van der Waals surface area contributed by atoms with E-state index in [9.17, 15) is 29.7 Å². The van der Waals surface area contributed by atoms with E-state index in [2.05, 4.69) is 40.5 Å². The summed E-state index contributed by atoms with van der Waals surface area (Å²) >= 11 is 0. The van der Waals surface area contributed by atoms with Crippen LogP contribution in [0.1, 0.15) is 31.1 Å². The Labute approximate surface area is 289 Å². The first-order valence-electron chi connectivity index (χ1n) is 14.2. The number of amides is 2. The van der Waals surface area contributed by atoms with Gasteiger partial charge in [0.1, 0.15) is 34.2 Å². The molecule has 52 heavy (non-hydrogen) atoms. The maximum Gasteiger partial charge on any atom is 0.360 e. The van der Waals surface area contributed by atoms with E-state index in [-0.39, 0.29) is 39.6 Å². The summed E-state index contributed by atoms with van der Waals surface area (Å²) in [7, 11) is 0. The molecule has 22 heteroatoms. The van der Waals surface area contributed by atoms with Crippen LogP contribution >= 0.6 is 0 Å². The fraction of sp³-hybridized carbons (Fsp3) is 0. The lowest BCUT2D eigenvalue weighted by atomic mass is 10.1. The van der Waals surface area contributed by atoms with Gasteiger partial charge in [0.15, 0.2) is 0 Å². The van der Waals surface area contributed by atoms with Crippen LogP contribution in [0.4, 0.5) is 5.69 Å². The summed E-state index contributed by atoms with van der Waals surface area (Å²) in [4.78, 5) is 45.2. The van der Waals surface area contributed by atoms with Gasteiger partial charge in [0, 0.05) is 22.7 Å². The van der Waals surface area contributed by atoms with Crippen molar-refractivity contribution in [2.24, 2.45) is 11.0 Å². The number of rotatable bonds is 8. The molecule has 0 aliphatic rings. The number of aromatic nitrogens is 7. The first kappa shape index (κ1) is 35.4. The van der Waals surface area contributed by atoms with Crippen LogP contribution in [0.5, 0.6) is 17.2 Å². The molecule has 2 amide bonds. The van der Waals surface area contributed by atoms with Crippen LogP contribution in [0.15, 0.2) is 90.3 Å². The lowest BCUT2D eigenvalue weighted by molar-refractivity contribution is 0.0499. The lowest BCUT2D eigenvalue weighted by Gasteiger charge is -2.05. The molecular weight excluding hydrogens is 686 g/mol. The first-order chi connectivity index (χ1) is 25.1. The second-order valence-corrected chi connectivity index (χ2v) is 10.1. The minimum Gasteiger partial charge on any atom is -0.507 e. The van der Waals surface area contributed by atoms with Crippen molar-refractivity contribution in [2.75, 3.05) is 0 Å². The van der Waals surface area contributed by atoms with Gasteiger partial charge in [0.05, 0.1) is 46.3 Å². The zero-order chi connectivity index (χ0) is 37.4. The van der Waals surface area contributed by atoms with Gasteiger partial charge in [0.25, 0.3) is 11.8 Å². The van der Waals surface area contributed by atoms with Gasteiger partial charge in [0.2, 0.25) is 0 Å². The van der Waals surface area contributed by atoms with Crippen LogP contribution in [-0.2, 0) is 4.84 Å². The minimum atomic E-state index is -0.880. The number of nitrogens with one attached hydrogen (secondary N) is 2. The number of hydroxylamine groups is 2. The number of carbonyl (C=O) groups is 3. The lowest BCUT2D eigenvalue weighted by Crippen LogP contribution is -2.18. The van der Waals surface area contributed by atoms with Gasteiger partial charge in [-0.2, -0.15) is 5.90 Å². The molecule has 0 bridgehead atoms. The quantitative estimate of drug-likeness (QED) is 0.0370. The number of hydrogen-bond donors (Lipinski definition) is 8. The largest absolute Gasteiger partial charge is 0.507 e. The molecule has 0 atom stereocenters. The van der Waals surface area contributed by atoms with Gasteiger partial charge in [-0.05, 0) is 54.1 Å². The van der Waals surface area contributed by atoms with E-state index in [1.165, 1.54) is 68.9 Å². The number of azide groups is 1. The topological polar surface area (TPSA) is 335 Å². The van der Waals surface area contributed by atoms with Gasteiger partial charge in [-0.15, -0.1) is 10.2 Å². The second kappa shape index (κ2) is 15.5. The summed E-state index contributed by atoms with van der Waals surface area (Å²) in [6.07, 6.45) is 3.17. The van der Waals surface area contributed by atoms with Gasteiger partial charge in [-0.25, -0.2) is 30.1 Å². The fourth-order valence-electron chi connectivity index (χ4n) is 4.43. The van der Waals surface area contributed by atoms with Crippen molar-refractivity contribution in [3.05, 3.63) is 112 Å². The molecule has 9 N–H and O–H groups in total. The van der Waals surface area contributed by atoms with Crippen LogP contribution in [0.25, 0.3) is 44.6 Å². The summed E-state index contributed by atoms with van der Waals surface area (Å²) < 4.78 is 2.78. The number of carbonyl (C=O) groups excluding carboxylic acids is 3. The average molecular weight is 710 g/mol. The molecule has 3 aromatic heterocycles. The number of aromatic hydroxyl groups is 3. The van der Waals surface area contributed by atoms with Crippen molar-refractivity contribution in [3.8, 4) is 51.4 Å². The normalized spacial score (nSPS) is 10.3. The van der Waals surface area contributed by atoms with Crippen LogP contribution < -0.4 is 16.9 Å². The minimum absolute atomic E-state index is 0.0965. The number of nitrogens with zero attached hydrogens (tertiary/aromatic N) is 10. The highest BCUT2D eigenvalue weighted by Gasteiger charge is 2.16. The van der Waals surface area contributed by atoms with E-state index in [0.717, 1.165) is 6.07 Å². The number of nitrogens with two attached hydrogens (primary N) is 1. The molecule has 6 rings (SSSR count). The molecule has 262 valence electrons. The van der Waals surface area contributed by atoms with Crippen molar-refractivity contribution < 1.29 is 45.0 Å². The van der Waals surface area contributed by atoms with Crippen LogP contribution in [-0.4, -0.2) is 78.5 Å². The Morgan fingerprint density at radius 2 is 1.19 bits per heavy atom. The standard InChI is InChI=1S/C23H17N9O6.C7H6N4O3/c24-38-23(36)15-7-5-13(9-21(15)34)32-11-19(27-30-32)17-3-1-2-16(25-17)18-10-31(29-26-18)12-4-6-14(20(33)8-12)22(35)28-37;8-11-9-4-1-2-5(6(12)3-4)7(13)10-14/h1-11,33-34,37H,24H2,(H,28,35);1-3,12,14H,(H,10,13). The predicted molar refractivity (Wildman–Crippen MR) is 173 cm³/mol. The van der Waals surface area contributed by atoms with Crippen LogP contribution in [0.2, 0.25) is 0 Å². The summed E-state index contributed by atoms with van der Waals surface area (Å²) in [6.45, 7) is 0. The number of benzene rings is 3.